The van der Waals surface area contributed by atoms with Crippen molar-refractivity contribution in [1.29, 1.82) is 0 Å². The highest BCUT2D eigenvalue weighted by molar-refractivity contribution is 14.1. The number of anilines is 1. The van der Waals surface area contributed by atoms with Crippen molar-refractivity contribution in [2.45, 2.75) is 19.4 Å². The van der Waals surface area contributed by atoms with Crippen LogP contribution in [-0.4, -0.2) is 29.2 Å². The maximum absolute atomic E-state index is 10.8. The first-order valence-corrected chi connectivity index (χ1v) is 6.44. The fraction of sp³-hybridized carbons (Fsp3) is 0.455. The fourth-order valence-corrected chi connectivity index (χ4v) is 2.85. The maximum Gasteiger partial charge on any atom is 0.273 e. The van der Waals surface area contributed by atoms with Gasteiger partial charge in [-0.15, -0.1) is 0 Å². The number of benzene rings is 1. The summed E-state index contributed by atoms with van der Waals surface area (Å²) in [5, 5.41) is 20.3. The number of halogens is 1. The number of nitro benzene ring substituents is 1. The van der Waals surface area contributed by atoms with Crippen molar-refractivity contribution >= 4 is 34.0 Å². The molecule has 0 spiro atoms. The second-order valence-corrected chi connectivity index (χ2v) is 5.40. The van der Waals surface area contributed by atoms with Gasteiger partial charge in [-0.2, -0.15) is 0 Å². The lowest BCUT2D eigenvalue weighted by molar-refractivity contribution is -0.385. The van der Waals surface area contributed by atoms with Crippen molar-refractivity contribution < 1.29 is 10.0 Å². The van der Waals surface area contributed by atoms with E-state index in [1.165, 1.54) is 0 Å². The van der Waals surface area contributed by atoms with Crippen LogP contribution in [0.3, 0.4) is 0 Å². The summed E-state index contributed by atoms with van der Waals surface area (Å²) in [7, 11) is 0. The van der Waals surface area contributed by atoms with E-state index in [1.54, 1.807) is 13.0 Å². The zero-order valence-electron chi connectivity index (χ0n) is 9.39. The standard InChI is InChI=1S/C11H13IN2O3/c1-7-4-11(13-3-2-8(15)6-13)9(12)5-10(7)14(16)17/h4-5,8,15H,2-3,6H2,1H3. The molecule has 1 atom stereocenters. The van der Waals surface area contributed by atoms with E-state index in [4.69, 9.17) is 0 Å². The number of nitrogens with zero attached hydrogens (tertiary/aromatic N) is 2. The van der Waals surface area contributed by atoms with E-state index in [0.29, 0.717) is 12.1 Å². The quantitative estimate of drug-likeness (QED) is 0.505. The van der Waals surface area contributed by atoms with Gasteiger partial charge in [0.2, 0.25) is 0 Å². The molecule has 1 aromatic carbocycles. The summed E-state index contributed by atoms with van der Waals surface area (Å²) in [5.74, 6) is 0. The van der Waals surface area contributed by atoms with E-state index in [9.17, 15) is 15.2 Å². The molecular formula is C11H13IN2O3. The Balaban J connectivity index is 2.36. The molecule has 0 aliphatic carbocycles. The SMILES string of the molecule is Cc1cc(N2CCC(O)C2)c(I)cc1[N+](=O)[O-]. The molecule has 5 nitrogen and oxygen atoms in total. The average molecular weight is 348 g/mol. The molecule has 1 N–H and O–H groups in total. The first kappa shape index (κ1) is 12.6. The Kier molecular flexibility index (Phi) is 3.53. The summed E-state index contributed by atoms with van der Waals surface area (Å²) in [5.41, 5.74) is 1.79. The van der Waals surface area contributed by atoms with Crippen LogP contribution in [0, 0.1) is 20.6 Å². The lowest BCUT2D eigenvalue weighted by Gasteiger charge is -2.20. The Hall–Kier alpha value is -0.890. The number of hydrogen-bond acceptors (Lipinski definition) is 4. The highest BCUT2D eigenvalue weighted by atomic mass is 127. The van der Waals surface area contributed by atoms with Gasteiger partial charge < -0.3 is 10.0 Å². The molecule has 0 saturated carbocycles. The van der Waals surface area contributed by atoms with Crippen LogP contribution in [0.5, 0.6) is 0 Å². The highest BCUT2D eigenvalue weighted by Gasteiger charge is 2.24. The minimum atomic E-state index is -0.361. The molecule has 92 valence electrons. The summed E-state index contributed by atoms with van der Waals surface area (Å²) < 4.78 is 0.856. The van der Waals surface area contributed by atoms with Gasteiger partial charge in [-0.05, 0) is 42.0 Å². The molecule has 1 unspecified atom stereocenters. The molecule has 1 fully saturated rings. The van der Waals surface area contributed by atoms with Gasteiger partial charge >= 0.3 is 0 Å². The Morgan fingerprint density at radius 1 is 1.59 bits per heavy atom. The van der Waals surface area contributed by atoms with Crippen LogP contribution in [0.2, 0.25) is 0 Å². The normalized spacial score (nSPS) is 19.7. The van der Waals surface area contributed by atoms with Crippen molar-refractivity contribution in [3.8, 4) is 0 Å². The Bertz CT molecular complexity index is 464. The monoisotopic (exact) mass is 348 g/mol. The van der Waals surface area contributed by atoms with Gasteiger partial charge in [0.25, 0.3) is 5.69 Å². The van der Waals surface area contributed by atoms with Crippen LogP contribution in [0.15, 0.2) is 12.1 Å². The smallest absolute Gasteiger partial charge is 0.273 e. The molecule has 1 heterocycles. The number of aryl methyl sites for hydroxylation is 1. The second-order valence-electron chi connectivity index (χ2n) is 4.24. The summed E-state index contributed by atoms with van der Waals surface area (Å²) in [6.45, 7) is 3.14. The molecule has 1 saturated heterocycles. The lowest BCUT2D eigenvalue weighted by Crippen LogP contribution is -2.22. The van der Waals surface area contributed by atoms with E-state index in [-0.39, 0.29) is 16.7 Å². The van der Waals surface area contributed by atoms with Crippen molar-refractivity contribution in [1.82, 2.24) is 0 Å². The van der Waals surface area contributed by atoms with E-state index < -0.39 is 0 Å². The fourth-order valence-electron chi connectivity index (χ4n) is 2.06. The number of nitro groups is 1. The van der Waals surface area contributed by atoms with Gasteiger partial charge in [0.1, 0.15) is 0 Å². The van der Waals surface area contributed by atoms with Gasteiger partial charge in [0, 0.05) is 28.3 Å². The first-order chi connectivity index (χ1) is 7.99. The lowest BCUT2D eigenvalue weighted by atomic mass is 10.1. The van der Waals surface area contributed by atoms with Crippen molar-refractivity contribution in [2.24, 2.45) is 0 Å². The van der Waals surface area contributed by atoms with E-state index in [0.717, 1.165) is 22.2 Å². The van der Waals surface area contributed by atoms with E-state index in [2.05, 4.69) is 27.5 Å². The molecular weight excluding hydrogens is 335 g/mol. The van der Waals surface area contributed by atoms with Crippen molar-refractivity contribution in [3.05, 3.63) is 31.4 Å². The maximum atomic E-state index is 10.8. The Morgan fingerprint density at radius 3 is 2.82 bits per heavy atom. The van der Waals surface area contributed by atoms with Gasteiger partial charge in [-0.3, -0.25) is 10.1 Å². The molecule has 1 aliphatic rings. The minimum absolute atomic E-state index is 0.151. The number of aliphatic hydroxyl groups is 1. The summed E-state index contributed by atoms with van der Waals surface area (Å²) in [6.07, 6.45) is 0.466. The van der Waals surface area contributed by atoms with Crippen molar-refractivity contribution in [2.75, 3.05) is 18.0 Å². The van der Waals surface area contributed by atoms with E-state index >= 15 is 0 Å². The van der Waals surface area contributed by atoms with Crippen LogP contribution in [0.25, 0.3) is 0 Å². The molecule has 0 amide bonds. The first-order valence-electron chi connectivity index (χ1n) is 5.36. The Morgan fingerprint density at radius 2 is 2.29 bits per heavy atom. The topological polar surface area (TPSA) is 66.6 Å². The van der Waals surface area contributed by atoms with Crippen molar-refractivity contribution in [3.63, 3.8) is 0 Å². The average Bonchev–Trinajstić information content (AvgIpc) is 2.67. The number of rotatable bonds is 2. The van der Waals surface area contributed by atoms with Gasteiger partial charge in [-0.1, -0.05) is 0 Å². The molecule has 2 rings (SSSR count). The third-order valence-corrected chi connectivity index (χ3v) is 3.83. The zero-order valence-corrected chi connectivity index (χ0v) is 11.5. The molecule has 0 bridgehead atoms. The zero-order chi connectivity index (χ0) is 12.6. The highest BCUT2D eigenvalue weighted by Crippen LogP contribution is 2.32. The molecule has 0 aromatic heterocycles. The van der Waals surface area contributed by atoms with Crippen LogP contribution < -0.4 is 4.90 Å². The number of aliphatic hydroxyl groups excluding tert-OH is 1. The van der Waals surface area contributed by atoms with Crippen LogP contribution in [0.1, 0.15) is 12.0 Å². The summed E-state index contributed by atoms with van der Waals surface area (Å²) in [6, 6.07) is 3.42. The predicted molar refractivity (Wildman–Crippen MR) is 73.4 cm³/mol. The molecule has 0 radical (unpaired) electrons. The number of hydrogen-bond donors (Lipinski definition) is 1. The van der Waals surface area contributed by atoms with E-state index in [1.807, 2.05) is 6.07 Å². The third-order valence-electron chi connectivity index (χ3n) is 2.97. The van der Waals surface area contributed by atoms with Gasteiger partial charge in [0.05, 0.1) is 16.7 Å². The molecule has 1 aromatic rings. The summed E-state index contributed by atoms with van der Waals surface area (Å²) >= 11 is 2.11. The summed E-state index contributed by atoms with van der Waals surface area (Å²) in [4.78, 5) is 12.5. The van der Waals surface area contributed by atoms with Crippen LogP contribution in [0.4, 0.5) is 11.4 Å². The Labute approximate surface area is 113 Å². The van der Waals surface area contributed by atoms with Crippen LogP contribution in [-0.2, 0) is 0 Å². The number of β-amino-alcohol motifs (C(OH)–C–C–N with tert-alkyl or cyclic N) is 1. The third kappa shape index (κ3) is 2.52. The molecule has 17 heavy (non-hydrogen) atoms. The minimum Gasteiger partial charge on any atom is -0.391 e. The van der Waals surface area contributed by atoms with Crippen LogP contribution >= 0.6 is 22.6 Å². The molecule has 6 heteroatoms. The largest absolute Gasteiger partial charge is 0.391 e. The van der Waals surface area contributed by atoms with Gasteiger partial charge in [-0.25, -0.2) is 0 Å². The predicted octanol–water partition coefficient (Wildman–Crippen LogP) is 2.08. The van der Waals surface area contributed by atoms with Gasteiger partial charge in [0.15, 0.2) is 0 Å². The second kappa shape index (κ2) is 4.77. The molecule has 1 aliphatic heterocycles.